The first-order valence-electron chi connectivity index (χ1n) is 7.05. The first kappa shape index (κ1) is 16.3. The Morgan fingerprint density at radius 2 is 1.79 bits per heavy atom. The summed E-state index contributed by atoms with van der Waals surface area (Å²) in [6.07, 6.45) is -3.22. The summed E-state index contributed by atoms with van der Waals surface area (Å²) in [5.41, 5.74) is 1.44. The number of allylic oxidation sites excluding steroid dienone is 1. The van der Waals surface area contributed by atoms with E-state index in [-0.39, 0.29) is 12.0 Å². The van der Waals surface area contributed by atoms with Crippen LogP contribution in [0.1, 0.15) is 15.9 Å². The highest BCUT2D eigenvalue weighted by Gasteiger charge is 2.21. The average Bonchev–Trinajstić information content (AvgIpc) is 3.00. The van der Waals surface area contributed by atoms with E-state index < -0.39 is 6.18 Å². The van der Waals surface area contributed by atoms with Crippen LogP contribution in [0.3, 0.4) is 0 Å². The van der Waals surface area contributed by atoms with Gasteiger partial charge in [-0.2, -0.15) is 13.2 Å². The molecule has 0 aliphatic carbocycles. The zero-order valence-electron chi connectivity index (χ0n) is 12.3. The molecule has 0 aliphatic rings. The van der Waals surface area contributed by atoms with Gasteiger partial charge in [0, 0.05) is 22.0 Å². The average molecular weight is 347 g/mol. The Morgan fingerprint density at radius 3 is 2.50 bits per heavy atom. The van der Waals surface area contributed by atoms with E-state index in [1.807, 2.05) is 29.6 Å². The van der Waals surface area contributed by atoms with Gasteiger partial charge in [0.2, 0.25) is 0 Å². The second-order valence-electron chi connectivity index (χ2n) is 5.12. The minimum Gasteiger partial charge on any atom is -0.322 e. The van der Waals surface area contributed by atoms with Crippen molar-refractivity contribution in [3.05, 3.63) is 71.1 Å². The number of thiophene rings is 1. The molecule has 6 heteroatoms. The molecule has 2 aromatic carbocycles. The van der Waals surface area contributed by atoms with Gasteiger partial charge in [0.05, 0.1) is 0 Å². The molecule has 1 heterocycles. The molecule has 3 rings (SSSR count). The van der Waals surface area contributed by atoms with E-state index in [2.05, 4.69) is 5.32 Å². The number of rotatable bonds is 3. The Bertz CT molecular complexity index is 895. The molecule has 3 aromatic rings. The van der Waals surface area contributed by atoms with Crippen LogP contribution in [-0.2, 0) is 0 Å². The van der Waals surface area contributed by atoms with Crippen molar-refractivity contribution in [3.8, 4) is 0 Å². The number of anilines is 1. The summed E-state index contributed by atoms with van der Waals surface area (Å²) in [6.45, 7) is 0. The molecule has 0 saturated carbocycles. The molecule has 0 saturated heterocycles. The van der Waals surface area contributed by atoms with Gasteiger partial charge in [0.25, 0.3) is 5.91 Å². The summed E-state index contributed by atoms with van der Waals surface area (Å²) >= 11 is 1.58. The van der Waals surface area contributed by atoms with Crippen molar-refractivity contribution >= 4 is 39.1 Å². The number of nitrogens with one attached hydrogen (secondary N) is 1. The maximum atomic E-state index is 12.2. The fourth-order valence-electron chi connectivity index (χ4n) is 2.17. The molecule has 0 bridgehead atoms. The summed E-state index contributed by atoms with van der Waals surface area (Å²) in [6, 6.07) is 13.6. The van der Waals surface area contributed by atoms with Crippen LogP contribution in [0.5, 0.6) is 0 Å². The third-order valence-corrected chi connectivity index (χ3v) is 4.23. The SMILES string of the molecule is O=C(Nc1ccc2ccsc2c1)c1ccc(/C=C/C(F)(F)F)cc1. The maximum absolute atomic E-state index is 12.2. The lowest BCUT2D eigenvalue weighted by molar-refractivity contribution is -0.0790. The quantitative estimate of drug-likeness (QED) is 0.644. The second kappa shape index (κ2) is 6.49. The highest BCUT2D eigenvalue weighted by molar-refractivity contribution is 7.17. The maximum Gasteiger partial charge on any atom is 0.409 e. The number of hydrogen-bond donors (Lipinski definition) is 1. The van der Waals surface area contributed by atoms with Crippen molar-refractivity contribution in [2.24, 2.45) is 0 Å². The van der Waals surface area contributed by atoms with Gasteiger partial charge in [-0.1, -0.05) is 24.3 Å². The summed E-state index contributed by atoms with van der Waals surface area (Å²) in [4.78, 5) is 12.2. The van der Waals surface area contributed by atoms with Gasteiger partial charge in [-0.25, -0.2) is 0 Å². The molecule has 0 radical (unpaired) electrons. The number of amides is 1. The molecule has 1 aromatic heterocycles. The Morgan fingerprint density at radius 1 is 1.04 bits per heavy atom. The number of fused-ring (bicyclic) bond motifs is 1. The van der Waals surface area contributed by atoms with E-state index in [0.717, 1.165) is 16.2 Å². The van der Waals surface area contributed by atoms with Gasteiger partial charge in [-0.3, -0.25) is 4.79 Å². The minimum atomic E-state index is -4.35. The van der Waals surface area contributed by atoms with Gasteiger partial charge in [0.15, 0.2) is 0 Å². The van der Waals surface area contributed by atoms with Gasteiger partial charge in [-0.05, 0) is 46.7 Å². The first-order valence-corrected chi connectivity index (χ1v) is 7.93. The number of benzene rings is 2. The number of alkyl halides is 3. The van der Waals surface area contributed by atoms with Crippen LogP contribution in [0.25, 0.3) is 16.2 Å². The van der Waals surface area contributed by atoms with E-state index in [0.29, 0.717) is 16.8 Å². The molecule has 0 unspecified atom stereocenters. The van der Waals surface area contributed by atoms with Gasteiger partial charge >= 0.3 is 6.18 Å². The Labute approximate surface area is 140 Å². The predicted octanol–water partition coefficient (Wildman–Crippen LogP) is 5.73. The summed E-state index contributed by atoms with van der Waals surface area (Å²) in [5, 5.41) is 5.87. The van der Waals surface area contributed by atoms with E-state index in [4.69, 9.17) is 0 Å². The predicted molar refractivity (Wildman–Crippen MR) is 91.3 cm³/mol. The van der Waals surface area contributed by atoms with Crippen molar-refractivity contribution in [2.45, 2.75) is 6.18 Å². The Hall–Kier alpha value is -2.60. The molecule has 1 N–H and O–H groups in total. The zero-order chi connectivity index (χ0) is 17.2. The van der Waals surface area contributed by atoms with E-state index in [1.54, 1.807) is 11.3 Å². The van der Waals surface area contributed by atoms with E-state index in [1.165, 1.54) is 24.3 Å². The van der Waals surface area contributed by atoms with Crippen molar-refractivity contribution < 1.29 is 18.0 Å². The molecular weight excluding hydrogens is 335 g/mol. The number of carbonyl (C=O) groups excluding carboxylic acids is 1. The highest BCUT2D eigenvalue weighted by Crippen LogP contribution is 2.24. The third-order valence-electron chi connectivity index (χ3n) is 3.35. The topological polar surface area (TPSA) is 29.1 Å². The molecule has 122 valence electrons. The van der Waals surface area contributed by atoms with Crippen molar-refractivity contribution in [2.75, 3.05) is 5.32 Å². The Kier molecular flexibility index (Phi) is 4.40. The fourth-order valence-corrected chi connectivity index (χ4v) is 3.00. The van der Waals surface area contributed by atoms with Crippen LogP contribution in [0.4, 0.5) is 18.9 Å². The van der Waals surface area contributed by atoms with E-state index in [9.17, 15) is 18.0 Å². The van der Waals surface area contributed by atoms with Crippen LogP contribution >= 0.6 is 11.3 Å². The summed E-state index contributed by atoms with van der Waals surface area (Å²) in [5.74, 6) is -0.308. The van der Waals surface area contributed by atoms with Crippen LogP contribution in [-0.4, -0.2) is 12.1 Å². The lowest BCUT2D eigenvalue weighted by Crippen LogP contribution is -2.11. The zero-order valence-corrected chi connectivity index (χ0v) is 13.1. The van der Waals surface area contributed by atoms with Crippen molar-refractivity contribution in [1.82, 2.24) is 0 Å². The fraction of sp³-hybridized carbons (Fsp3) is 0.0556. The lowest BCUT2D eigenvalue weighted by Gasteiger charge is -2.06. The lowest BCUT2D eigenvalue weighted by atomic mass is 10.1. The summed E-state index contributed by atoms with van der Waals surface area (Å²) < 4.78 is 37.5. The molecule has 2 nitrogen and oxygen atoms in total. The Balaban J connectivity index is 1.71. The van der Waals surface area contributed by atoms with Crippen LogP contribution in [0, 0.1) is 0 Å². The highest BCUT2D eigenvalue weighted by atomic mass is 32.1. The van der Waals surface area contributed by atoms with Crippen LogP contribution in [0.15, 0.2) is 60.0 Å². The van der Waals surface area contributed by atoms with E-state index >= 15 is 0 Å². The number of hydrogen-bond acceptors (Lipinski definition) is 2. The molecule has 0 spiro atoms. The second-order valence-corrected chi connectivity index (χ2v) is 6.07. The van der Waals surface area contributed by atoms with Gasteiger partial charge < -0.3 is 5.32 Å². The number of halogens is 3. The molecule has 0 atom stereocenters. The molecule has 0 aliphatic heterocycles. The third kappa shape index (κ3) is 4.02. The smallest absolute Gasteiger partial charge is 0.322 e. The molecule has 0 fully saturated rings. The van der Waals surface area contributed by atoms with Gasteiger partial charge in [0.1, 0.15) is 0 Å². The monoisotopic (exact) mass is 347 g/mol. The minimum absolute atomic E-state index is 0.165. The van der Waals surface area contributed by atoms with Crippen molar-refractivity contribution in [3.63, 3.8) is 0 Å². The first-order chi connectivity index (χ1) is 11.4. The van der Waals surface area contributed by atoms with Crippen LogP contribution in [0.2, 0.25) is 0 Å². The molecule has 1 amide bonds. The molecule has 24 heavy (non-hydrogen) atoms. The standard InChI is InChI=1S/C18H12F3NOS/c19-18(20,21)9-7-12-1-3-14(4-2-12)17(23)22-15-6-5-13-8-10-24-16(13)11-15/h1-11H,(H,22,23)/b9-7+. The van der Waals surface area contributed by atoms with Crippen molar-refractivity contribution in [1.29, 1.82) is 0 Å². The largest absolute Gasteiger partial charge is 0.409 e. The van der Waals surface area contributed by atoms with Gasteiger partial charge in [-0.15, -0.1) is 11.3 Å². The number of carbonyl (C=O) groups is 1. The van der Waals surface area contributed by atoms with Crippen LogP contribution < -0.4 is 5.32 Å². The normalized spacial score (nSPS) is 12.0. The summed E-state index contributed by atoms with van der Waals surface area (Å²) in [7, 11) is 0. The molecular formula is C18H12F3NOS.